The lowest BCUT2D eigenvalue weighted by Crippen LogP contribution is -2.30. The normalized spacial score (nSPS) is 15.2. The van der Waals surface area contributed by atoms with Crippen molar-refractivity contribution < 1.29 is 33.7 Å². The second-order valence-corrected chi connectivity index (χ2v) is 9.40. The van der Waals surface area contributed by atoms with Gasteiger partial charge in [0.1, 0.15) is 4.88 Å². The van der Waals surface area contributed by atoms with E-state index in [9.17, 15) is 19.5 Å². The van der Waals surface area contributed by atoms with E-state index in [4.69, 9.17) is 14.2 Å². The van der Waals surface area contributed by atoms with Crippen LogP contribution in [0.4, 0.5) is 5.13 Å². The molecule has 0 saturated carbocycles. The number of hydrogen-bond acceptors (Lipinski definition) is 9. The summed E-state index contributed by atoms with van der Waals surface area (Å²) in [7, 11) is 1.48. The van der Waals surface area contributed by atoms with E-state index in [0.29, 0.717) is 29.4 Å². The van der Waals surface area contributed by atoms with Crippen molar-refractivity contribution in [1.82, 2.24) is 4.98 Å². The second kappa shape index (κ2) is 12.0. The van der Waals surface area contributed by atoms with Gasteiger partial charge in [-0.05, 0) is 50.1 Å². The number of thiazole rings is 1. The highest BCUT2D eigenvalue weighted by atomic mass is 32.1. The SMILES string of the molecule is CCOC(=O)c1sc(N2C(=O)C(O)=C(C(=O)C=Cc3ccccc3)C2c2ccc(OCC)c(OC)c2)nc1C. The lowest BCUT2D eigenvalue weighted by Gasteiger charge is -2.25. The average molecular weight is 549 g/mol. The predicted molar refractivity (Wildman–Crippen MR) is 147 cm³/mol. The summed E-state index contributed by atoms with van der Waals surface area (Å²) >= 11 is 0.951. The first-order valence-corrected chi connectivity index (χ1v) is 13.1. The molecule has 2 heterocycles. The Bertz CT molecular complexity index is 1460. The standard InChI is InChI=1S/C29H28N2O7S/c1-5-37-21-15-13-19(16-22(21)36-4)24-23(20(32)14-12-18-10-8-7-9-11-18)25(33)27(34)31(24)29-30-17(3)26(39-29)28(35)38-6-2/h7-16,24,33H,5-6H2,1-4H3. The number of carbonyl (C=O) groups excluding carboxylic acids is 3. The van der Waals surface area contributed by atoms with Gasteiger partial charge in [-0.3, -0.25) is 14.5 Å². The highest BCUT2D eigenvalue weighted by molar-refractivity contribution is 7.17. The Morgan fingerprint density at radius 3 is 2.51 bits per heavy atom. The van der Waals surface area contributed by atoms with E-state index in [-0.39, 0.29) is 22.2 Å². The number of ether oxygens (including phenoxy) is 3. The Hall–Kier alpha value is -4.44. The van der Waals surface area contributed by atoms with Crippen LogP contribution in [0.25, 0.3) is 6.08 Å². The van der Waals surface area contributed by atoms with Crippen LogP contribution in [-0.4, -0.2) is 48.1 Å². The molecule has 1 aromatic heterocycles. The van der Waals surface area contributed by atoms with Crippen LogP contribution in [0.3, 0.4) is 0 Å². The summed E-state index contributed by atoms with van der Waals surface area (Å²) in [5.74, 6) is -1.75. The zero-order valence-electron chi connectivity index (χ0n) is 22.0. The van der Waals surface area contributed by atoms with Crippen LogP contribution in [0.5, 0.6) is 11.5 Å². The van der Waals surface area contributed by atoms with Gasteiger partial charge in [0.25, 0.3) is 5.91 Å². The molecule has 0 saturated heterocycles. The van der Waals surface area contributed by atoms with E-state index in [1.807, 2.05) is 37.3 Å². The van der Waals surface area contributed by atoms with Crippen molar-refractivity contribution in [3.63, 3.8) is 0 Å². The van der Waals surface area contributed by atoms with Crippen molar-refractivity contribution >= 4 is 40.2 Å². The zero-order valence-corrected chi connectivity index (χ0v) is 22.8. The Morgan fingerprint density at radius 1 is 1.10 bits per heavy atom. The van der Waals surface area contributed by atoms with Crippen molar-refractivity contribution in [2.45, 2.75) is 26.8 Å². The van der Waals surface area contributed by atoms with Gasteiger partial charge in [0.15, 0.2) is 28.2 Å². The maximum atomic E-state index is 13.5. The number of anilines is 1. The first-order valence-electron chi connectivity index (χ1n) is 12.3. The van der Waals surface area contributed by atoms with Crippen molar-refractivity contribution in [2.24, 2.45) is 0 Å². The van der Waals surface area contributed by atoms with Crippen LogP contribution < -0.4 is 14.4 Å². The summed E-state index contributed by atoms with van der Waals surface area (Å²) in [6.07, 6.45) is 2.92. The number of methoxy groups -OCH3 is 1. The summed E-state index contributed by atoms with van der Waals surface area (Å²) in [5.41, 5.74) is 1.51. The molecule has 202 valence electrons. The third-order valence-electron chi connectivity index (χ3n) is 5.96. The quantitative estimate of drug-likeness (QED) is 0.271. The first-order chi connectivity index (χ1) is 18.8. The topological polar surface area (TPSA) is 115 Å². The molecule has 2 aromatic carbocycles. The van der Waals surface area contributed by atoms with E-state index in [1.165, 1.54) is 18.1 Å². The molecule has 9 nitrogen and oxygen atoms in total. The predicted octanol–water partition coefficient (Wildman–Crippen LogP) is 5.22. The lowest BCUT2D eigenvalue weighted by molar-refractivity contribution is -0.117. The Labute approximate surface area is 230 Å². The fourth-order valence-corrected chi connectivity index (χ4v) is 5.18. The Morgan fingerprint density at radius 2 is 1.85 bits per heavy atom. The molecule has 1 unspecified atom stereocenters. The molecule has 0 bridgehead atoms. The van der Waals surface area contributed by atoms with E-state index in [0.717, 1.165) is 16.9 Å². The average Bonchev–Trinajstić information content (AvgIpc) is 3.45. The number of aliphatic hydroxyl groups is 1. The first kappa shape index (κ1) is 27.6. The number of aliphatic hydroxyl groups excluding tert-OH is 1. The Kier molecular flexibility index (Phi) is 8.46. The molecule has 1 aliphatic rings. The highest BCUT2D eigenvalue weighted by Gasteiger charge is 2.45. The van der Waals surface area contributed by atoms with Gasteiger partial charge in [0.05, 0.1) is 37.6 Å². The number of benzene rings is 2. The summed E-state index contributed by atoms with van der Waals surface area (Å²) in [4.78, 5) is 45.3. The minimum absolute atomic E-state index is 0.121. The molecule has 1 N–H and O–H groups in total. The number of aromatic nitrogens is 1. The molecule has 1 amide bonds. The number of ketones is 1. The number of hydrogen-bond donors (Lipinski definition) is 1. The van der Waals surface area contributed by atoms with Gasteiger partial charge in [-0.15, -0.1) is 0 Å². The number of aryl methyl sites for hydroxylation is 1. The second-order valence-electron chi connectivity index (χ2n) is 8.42. The van der Waals surface area contributed by atoms with Crippen LogP contribution in [0.15, 0.2) is 65.9 Å². The van der Waals surface area contributed by atoms with Crippen LogP contribution in [0, 0.1) is 6.92 Å². The molecule has 0 spiro atoms. The van der Waals surface area contributed by atoms with Gasteiger partial charge in [-0.25, -0.2) is 9.78 Å². The van der Waals surface area contributed by atoms with Gasteiger partial charge >= 0.3 is 5.97 Å². The molecular weight excluding hydrogens is 520 g/mol. The maximum absolute atomic E-state index is 13.5. The lowest BCUT2D eigenvalue weighted by atomic mass is 9.95. The van der Waals surface area contributed by atoms with Crippen molar-refractivity contribution in [1.29, 1.82) is 0 Å². The van der Waals surface area contributed by atoms with E-state index < -0.39 is 29.5 Å². The van der Waals surface area contributed by atoms with Crippen molar-refractivity contribution in [2.75, 3.05) is 25.2 Å². The number of carbonyl (C=O) groups is 3. The summed E-state index contributed by atoms with van der Waals surface area (Å²) in [6, 6.07) is 13.2. The highest BCUT2D eigenvalue weighted by Crippen LogP contribution is 2.45. The monoisotopic (exact) mass is 548 g/mol. The van der Waals surface area contributed by atoms with Crippen molar-refractivity contribution in [3.8, 4) is 11.5 Å². The number of amides is 1. The van der Waals surface area contributed by atoms with E-state index in [2.05, 4.69) is 4.98 Å². The minimum Gasteiger partial charge on any atom is -0.503 e. The van der Waals surface area contributed by atoms with Gasteiger partial charge in [-0.2, -0.15) is 0 Å². The summed E-state index contributed by atoms with van der Waals surface area (Å²) in [5, 5.41) is 11.1. The van der Waals surface area contributed by atoms with Crippen LogP contribution in [0.1, 0.15) is 46.4 Å². The molecular formula is C29H28N2O7S. The molecule has 0 radical (unpaired) electrons. The van der Waals surface area contributed by atoms with Crippen LogP contribution >= 0.6 is 11.3 Å². The molecule has 39 heavy (non-hydrogen) atoms. The van der Waals surface area contributed by atoms with Gasteiger partial charge < -0.3 is 19.3 Å². The van der Waals surface area contributed by atoms with Gasteiger partial charge in [0, 0.05) is 0 Å². The molecule has 1 atom stereocenters. The largest absolute Gasteiger partial charge is 0.503 e. The third kappa shape index (κ3) is 5.56. The molecule has 3 aromatic rings. The van der Waals surface area contributed by atoms with E-state index in [1.54, 1.807) is 38.1 Å². The molecule has 0 aliphatic carbocycles. The van der Waals surface area contributed by atoms with Gasteiger partial charge in [0.2, 0.25) is 0 Å². The number of nitrogens with zero attached hydrogens (tertiary/aromatic N) is 2. The molecule has 1 aliphatic heterocycles. The summed E-state index contributed by atoms with van der Waals surface area (Å²) in [6.45, 7) is 5.75. The fraction of sp³-hybridized carbons (Fsp3) is 0.241. The molecule has 4 rings (SSSR count). The number of rotatable bonds is 10. The van der Waals surface area contributed by atoms with E-state index >= 15 is 0 Å². The van der Waals surface area contributed by atoms with Crippen LogP contribution in [-0.2, 0) is 14.3 Å². The third-order valence-corrected chi connectivity index (χ3v) is 7.09. The van der Waals surface area contributed by atoms with Crippen molar-refractivity contribution in [3.05, 3.63) is 87.6 Å². The maximum Gasteiger partial charge on any atom is 0.350 e. The smallest absolute Gasteiger partial charge is 0.350 e. The summed E-state index contributed by atoms with van der Waals surface area (Å²) < 4.78 is 16.2. The fourth-order valence-electron chi connectivity index (χ4n) is 4.20. The minimum atomic E-state index is -1.05. The molecule has 0 fully saturated rings. The van der Waals surface area contributed by atoms with Crippen LogP contribution in [0.2, 0.25) is 0 Å². The number of allylic oxidation sites excluding steroid dienone is 1. The molecule has 10 heteroatoms. The number of esters is 1. The zero-order chi connectivity index (χ0) is 28.1. The Balaban J connectivity index is 1.83. The van der Waals surface area contributed by atoms with Gasteiger partial charge in [-0.1, -0.05) is 53.8 Å².